The van der Waals surface area contributed by atoms with E-state index in [0.29, 0.717) is 0 Å². The van der Waals surface area contributed by atoms with Crippen molar-refractivity contribution < 1.29 is 39.4 Å². The molecule has 2 aromatic heterocycles. The van der Waals surface area contributed by atoms with Gasteiger partial charge in [0.1, 0.15) is 29.0 Å². The Morgan fingerprint density at radius 1 is 0.482 bits per heavy atom. The molecule has 85 heavy (non-hydrogen) atoms. The number of hydrogen-bond acceptors (Lipinski definition) is 14. The van der Waals surface area contributed by atoms with Crippen LogP contribution in [0.3, 0.4) is 0 Å². The summed E-state index contributed by atoms with van der Waals surface area (Å²) < 4.78 is 5.77. The third-order valence-corrected chi connectivity index (χ3v) is 12.0. The van der Waals surface area contributed by atoms with E-state index in [0.717, 1.165) is 92.6 Å². The van der Waals surface area contributed by atoms with E-state index in [2.05, 4.69) is 215 Å². The molecule has 0 saturated heterocycles. The van der Waals surface area contributed by atoms with Crippen LogP contribution in [0.15, 0.2) is 219 Å². The van der Waals surface area contributed by atoms with Crippen LogP contribution >= 0.6 is 19.4 Å². The van der Waals surface area contributed by atoms with Gasteiger partial charge in [0, 0.05) is 83.6 Å². The van der Waals surface area contributed by atoms with Crippen molar-refractivity contribution in [2.75, 3.05) is 55.5 Å². The van der Waals surface area contributed by atoms with Crippen molar-refractivity contribution in [2.45, 2.75) is 27.7 Å². The molecule has 16 nitrogen and oxygen atoms in total. The normalized spacial score (nSPS) is 12.5. The monoisotopic (exact) mass is 1340 g/mol. The summed E-state index contributed by atoms with van der Waals surface area (Å²) in [6.45, 7) is 14.2. The topological polar surface area (TPSA) is 156 Å². The molecule has 12 rings (SSSR count). The summed E-state index contributed by atoms with van der Waals surface area (Å²) in [4.78, 5) is 29.0. The van der Waals surface area contributed by atoms with Crippen LogP contribution in [0.4, 0.5) is 74.5 Å². The fourth-order valence-electron chi connectivity index (χ4n) is 8.67. The fourth-order valence-corrected chi connectivity index (χ4v) is 8.67. The standard InChI is InChI=1S/C32H25N5O.C25H24N6.2C2H4N.2C2H3N.2ClH.2Ru/c1-38-26-20-31(36-22-34(24-12-4-2-5-13-24)27-16-8-10-18-29(27)36)33-32(21-26)37-23-35(25-14-6-3-7-15-25)28-17-9-11-19-30(28)37;1-27-13-15-29(19-27)24-17-23(18-25(26-24)30-16-14-28(2)20-30)31(21-9-5-3-6-10-21)22-11-7-4-8-12-22;4*1-2-3;;;;/h2-23H,1H3;3-20H,1-2H3;2*2H,1H3;2*1H3;2*1H;;/q2*-2;2*-1;;;;;+1;+3/p-2. The Kier molecular flexibility index (Phi) is 28.4. The molecule has 438 valence electrons. The van der Waals surface area contributed by atoms with E-state index in [1.807, 2.05) is 143 Å². The summed E-state index contributed by atoms with van der Waals surface area (Å²) in [6.07, 6.45) is 10.0. The van der Waals surface area contributed by atoms with Gasteiger partial charge in [-0.25, -0.2) is 22.4 Å². The van der Waals surface area contributed by atoms with Crippen molar-refractivity contribution in [3.63, 3.8) is 0 Å². The number of methoxy groups -OCH3 is 1. The number of ether oxygens (including phenoxy) is 1. The molecule has 0 atom stereocenters. The SMILES string of the molecule is CC#N.CC#N.CC=[N-].CC=[N-].CN1C=CN(c2cc(N(c3ccccc3)c3ccccc3)cc(N3C=CN(C)[CH-]3)n2)[CH-]1.COc1cc(N2[CH-]N(c3ccccc3)c3ccccc32)nc(N2[CH-]N(c3ccccc3)c3ccccc32)c1.[Cl][Ru+2].[Cl][Ru]. The van der Waals surface area contributed by atoms with Gasteiger partial charge in [-0.15, -0.1) is 26.7 Å². The molecule has 8 aromatic rings. The van der Waals surface area contributed by atoms with Crippen LogP contribution in [0.1, 0.15) is 27.7 Å². The fraction of sp³-hybridized carbons (Fsp3) is 0.108. The summed E-state index contributed by atoms with van der Waals surface area (Å²) >= 11 is 3.64. The molecule has 0 fully saturated rings. The summed E-state index contributed by atoms with van der Waals surface area (Å²) in [6, 6.07) is 69.9. The van der Waals surface area contributed by atoms with Gasteiger partial charge in [-0.1, -0.05) is 111 Å². The molecule has 4 aliphatic heterocycles. The van der Waals surface area contributed by atoms with E-state index in [1.165, 1.54) is 13.8 Å². The number of fused-ring (bicyclic) bond motifs is 2. The van der Waals surface area contributed by atoms with E-state index < -0.39 is 0 Å². The molecule has 0 bridgehead atoms. The third-order valence-electron chi connectivity index (χ3n) is 12.0. The first-order chi connectivity index (χ1) is 41.6. The van der Waals surface area contributed by atoms with Gasteiger partial charge in [-0.3, -0.25) is 0 Å². The van der Waals surface area contributed by atoms with E-state index in [-0.39, 0.29) is 0 Å². The summed E-state index contributed by atoms with van der Waals surface area (Å²) in [5, 5.41) is 29.5. The molecular weight excluding hydrogens is 1280 g/mol. The van der Waals surface area contributed by atoms with Crippen LogP contribution in [0.2, 0.25) is 0 Å². The third kappa shape index (κ3) is 18.1. The van der Waals surface area contributed by atoms with E-state index in [9.17, 15) is 0 Å². The summed E-state index contributed by atoms with van der Waals surface area (Å²) in [5.74, 6) is 3.98. The number of rotatable bonds is 10. The van der Waals surface area contributed by atoms with Crippen LogP contribution < -0.4 is 39.0 Å². The van der Waals surface area contributed by atoms with Crippen LogP contribution in [0, 0.1) is 49.3 Å². The number of pyridine rings is 2. The van der Waals surface area contributed by atoms with Crippen LogP contribution in [0.5, 0.6) is 5.75 Å². The van der Waals surface area contributed by atoms with E-state index in [1.54, 1.807) is 33.1 Å². The zero-order valence-electron chi connectivity index (χ0n) is 47.8. The van der Waals surface area contributed by atoms with Gasteiger partial charge < -0.3 is 59.7 Å². The molecular formula is C65H63Cl2N15ORu2-4. The summed E-state index contributed by atoms with van der Waals surface area (Å²) in [7, 11) is 14.8. The average Bonchev–Trinajstić information content (AvgIpc) is 3.37. The zero-order chi connectivity index (χ0) is 61.5. The van der Waals surface area contributed by atoms with Gasteiger partial charge in [-0.2, -0.15) is 10.5 Å². The first-order valence-electron chi connectivity index (χ1n) is 26.1. The first-order valence-corrected chi connectivity index (χ1v) is 30.5. The Morgan fingerprint density at radius 2 is 0.776 bits per heavy atom. The number of nitriles is 2. The van der Waals surface area contributed by atoms with Crippen molar-refractivity contribution in [1.82, 2.24) is 19.8 Å². The van der Waals surface area contributed by atoms with Gasteiger partial charge >= 0.3 is 54.0 Å². The van der Waals surface area contributed by atoms with Gasteiger partial charge in [0.25, 0.3) is 0 Å². The molecule has 0 radical (unpaired) electrons. The van der Waals surface area contributed by atoms with Crippen LogP contribution in [0.25, 0.3) is 10.8 Å². The Bertz CT molecular complexity index is 3230. The van der Waals surface area contributed by atoms with Crippen molar-refractivity contribution in [3.05, 3.63) is 256 Å². The first kappa shape index (κ1) is 67.0. The Morgan fingerprint density at radius 3 is 1.08 bits per heavy atom. The Balaban J connectivity index is 0.000000253. The van der Waals surface area contributed by atoms with Crippen molar-refractivity contribution in [3.8, 4) is 17.9 Å². The van der Waals surface area contributed by atoms with Gasteiger partial charge in [0.2, 0.25) is 0 Å². The maximum atomic E-state index is 7.44. The molecule has 0 amide bonds. The number of hydrogen-bond donors (Lipinski definition) is 0. The van der Waals surface area contributed by atoms with Gasteiger partial charge in [0.15, 0.2) is 0 Å². The summed E-state index contributed by atoms with van der Waals surface area (Å²) in [5.41, 5.74) is 9.69. The predicted molar refractivity (Wildman–Crippen MR) is 344 cm³/mol. The Labute approximate surface area is 529 Å². The van der Waals surface area contributed by atoms with E-state index >= 15 is 0 Å². The average molecular weight is 1340 g/mol. The minimum absolute atomic E-state index is 0.734. The zero-order valence-corrected chi connectivity index (χ0v) is 52.8. The van der Waals surface area contributed by atoms with Gasteiger partial charge in [-0.05, 0) is 112 Å². The second-order valence-corrected chi connectivity index (χ2v) is 17.6. The van der Waals surface area contributed by atoms with Crippen LogP contribution in [-0.4, -0.2) is 53.4 Å². The second kappa shape index (κ2) is 36.1. The molecule has 0 spiro atoms. The molecule has 20 heteroatoms. The quantitative estimate of drug-likeness (QED) is 0.0724. The molecule has 0 aliphatic carbocycles. The predicted octanol–water partition coefficient (Wildman–Crippen LogP) is 16.9. The molecule has 6 aromatic carbocycles. The minimum atomic E-state index is 0.734. The molecule has 0 N–H and O–H groups in total. The van der Waals surface area contributed by atoms with Gasteiger partial charge in [0.05, 0.1) is 24.9 Å². The maximum absolute atomic E-state index is 7.44. The number of aromatic nitrogens is 2. The molecule has 4 aliphatic rings. The number of para-hydroxylation sites is 8. The van der Waals surface area contributed by atoms with Crippen molar-refractivity contribution in [2.24, 2.45) is 0 Å². The second-order valence-electron chi connectivity index (χ2n) is 17.6. The number of anilines is 13. The molecule has 0 unspecified atom stereocenters. The number of benzene rings is 6. The number of nitrogens with zero attached hydrogens (tertiary/aromatic N) is 15. The molecule has 6 heterocycles. The molecule has 0 saturated carbocycles. The van der Waals surface area contributed by atoms with Crippen molar-refractivity contribution >= 4 is 106 Å². The van der Waals surface area contributed by atoms with Crippen LogP contribution in [-0.2, 0) is 34.6 Å². The van der Waals surface area contributed by atoms with E-state index in [4.69, 9.17) is 36.0 Å². The number of halogens is 2. The van der Waals surface area contributed by atoms with Crippen molar-refractivity contribution in [1.29, 1.82) is 10.5 Å². The Hall–Kier alpha value is -8.75.